The minimum atomic E-state index is -0.219. The van der Waals surface area contributed by atoms with Crippen molar-refractivity contribution in [1.82, 2.24) is 19.9 Å². The van der Waals surface area contributed by atoms with Crippen LogP contribution in [0.5, 0.6) is 0 Å². The molecule has 0 saturated heterocycles. The molecule has 3 aromatic rings. The Morgan fingerprint density at radius 2 is 2.38 bits per heavy atom. The molecule has 0 amide bonds. The average molecular weight is 216 g/mol. The van der Waals surface area contributed by atoms with Crippen molar-refractivity contribution in [3.05, 3.63) is 46.7 Å². The number of hydrogen-bond acceptors (Lipinski definition) is 4. The van der Waals surface area contributed by atoms with Crippen molar-refractivity contribution in [2.45, 2.75) is 6.42 Å². The summed E-state index contributed by atoms with van der Waals surface area (Å²) in [7, 11) is 0. The van der Waals surface area contributed by atoms with Crippen molar-refractivity contribution < 1.29 is 4.42 Å². The van der Waals surface area contributed by atoms with E-state index in [2.05, 4.69) is 19.9 Å². The topological polar surface area (TPSA) is 87.6 Å². The van der Waals surface area contributed by atoms with Crippen LogP contribution in [0.2, 0.25) is 0 Å². The molecule has 80 valence electrons. The number of imidazole rings is 1. The van der Waals surface area contributed by atoms with Crippen LogP contribution >= 0.6 is 0 Å². The van der Waals surface area contributed by atoms with Gasteiger partial charge in [0, 0.05) is 0 Å². The van der Waals surface area contributed by atoms with Crippen LogP contribution in [0, 0.1) is 0 Å². The molecule has 16 heavy (non-hydrogen) atoms. The fourth-order valence-electron chi connectivity index (χ4n) is 1.55. The number of fused-ring (bicyclic) bond motifs is 1. The van der Waals surface area contributed by atoms with E-state index in [0.29, 0.717) is 23.4 Å². The minimum absolute atomic E-state index is 0.219. The molecule has 3 rings (SSSR count). The van der Waals surface area contributed by atoms with E-state index in [9.17, 15) is 4.79 Å². The zero-order chi connectivity index (χ0) is 11.0. The minimum Gasteiger partial charge on any atom is -0.469 e. The van der Waals surface area contributed by atoms with Gasteiger partial charge in [-0.3, -0.25) is 4.79 Å². The third kappa shape index (κ3) is 1.40. The van der Waals surface area contributed by atoms with Gasteiger partial charge in [-0.2, -0.15) is 0 Å². The van der Waals surface area contributed by atoms with E-state index >= 15 is 0 Å². The zero-order valence-corrected chi connectivity index (χ0v) is 8.23. The van der Waals surface area contributed by atoms with Gasteiger partial charge in [-0.05, 0) is 12.1 Å². The predicted molar refractivity (Wildman–Crippen MR) is 56.0 cm³/mol. The number of aromatic amines is 2. The van der Waals surface area contributed by atoms with Crippen molar-refractivity contribution >= 4 is 11.2 Å². The van der Waals surface area contributed by atoms with Crippen LogP contribution in [-0.4, -0.2) is 19.9 Å². The summed E-state index contributed by atoms with van der Waals surface area (Å²) in [5.41, 5.74) is 0.595. The monoisotopic (exact) mass is 216 g/mol. The third-order valence-corrected chi connectivity index (χ3v) is 2.27. The van der Waals surface area contributed by atoms with Crippen LogP contribution < -0.4 is 5.56 Å². The highest BCUT2D eigenvalue weighted by Crippen LogP contribution is 2.09. The molecule has 0 aliphatic rings. The highest BCUT2D eigenvalue weighted by molar-refractivity contribution is 5.68. The van der Waals surface area contributed by atoms with Gasteiger partial charge in [0.2, 0.25) is 0 Å². The van der Waals surface area contributed by atoms with E-state index in [1.165, 1.54) is 6.33 Å². The first-order valence-electron chi connectivity index (χ1n) is 4.77. The molecule has 6 heteroatoms. The van der Waals surface area contributed by atoms with Gasteiger partial charge in [0.05, 0.1) is 19.0 Å². The van der Waals surface area contributed by atoms with E-state index in [-0.39, 0.29) is 5.56 Å². The second-order valence-corrected chi connectivity index (χ2v) is 3.37. The highest BCUT2D eigenvalue weighted by Gasteiger charge is 2.08. The van der Waals surface area contributed by atoms with E-state index in [1.54, 1.807) is 6.26 Å². The fourth-order valence-corrected chi connectivity index (χ4v) is 1.55. The molecule has 0 radical (unpaired) electrons. The summed E-state index contributed by atoms with van der Waals surface area (Å²) in [6.45, 7) is 0. The van der Waals surface area contributed by atoms with Crippen molar-refractivity contribution in [2.24, 2.45) is 0 Å². The van der Waals surface area contributed by atoms with Crippen LogP contribution in [0.3, 0.4) is 0 Å². The third-order valence-electron chi connectivity index (χ3n) is 2.27. The highest BCUT2D eigenvalue weighted by atomic mass is 16.3. The maximum absolute atomic E-state index is 11.4. The average Bonchev–Trinajstić information content (AvgIpc) is 2.88. The Morgan fingerprint density at radius 1 is 1.44 bits per heavy atom. The van der Waals surface area contributed by atoms with Gasteiger partial charge in [0.1, 0.15) is 11.6 Å². The van der Waals surface area contributed by atoms with Gasteiger partial charge in [-0.1, -0.05) is 0 Å². The Balaban J connectivity index is 2.06. The summed E-state index contributed by atoms with van der Waals surface area (Å²) >= 11 is 0. The summed E-state index contributed by atoms with van der Waals surface area (Å²) in [5.74, 6) is 1.45. The molecule has 0 unspecified atom stereocenters. The molecule has 6 nitrogen and oxygen atoms in total. The number of aromatic nitrogens is 4. The summed E-state index contributed by atoms with van der Waals surface area (Å²) in [6.07, 6.45) is 3.45. The normalized spacial score (nSPS) is 11.0. The summed E-state index contributed by atoms with van der Waals surface area (Å²) in [6, 6.07) is 3.66. The maximum Gasteiger partial charge on any atom is 0.276 e. The van der Waals surface area contributed by atoms with Crippen molar-refractivity contribution in [2.75, 3.05) is 0 Å². The van der Waals surface area contributed by atoms with Gasteiger partial charge >= 0.3 is 0 Å². The Hall–Kier alpha value is -2.37. The Kier molecular flexibility index (Phi) is 1.86. The second kappa shape index (κ2) is 3.34. The first-order chi connectivity index (χ1) is 7.83. The van der Waals surface area contributed by atoms with Gasteiger partial charge in [0.15, 0.2) is 11.2 Å². The van der Waals surface area contributed by atoms with Gasteiger partial charge < -0.3 is 14.4 Å². The number of hydrogen-bond donors (Lipinski definition) is 2. The number of furan rings is 1. The van der Waals surface area contributed by atoms with Crippen molar-refractivity contribution in [3.8, 4) is 0 Å². The quantitative estimate of drug-likeness (QED) is 0.664. The summed E-state index contributed by atoms with van der Waals surface area (Å²) < 4.78 is 5.20. The molecule has 0 aliphatic heterocycles. The fraction of sp³-hybridized carbons (Fsp3) is 0.100. The van der Waals surface area contributed by atoms with Gasteiger partial charge in [-0.15, -0.1) is 0 Å². The molecule has 0 aliphatic carbocycles. The largest absolute Gasteiger partial charge is 0.469 e. The lowest BCUT2D eigenvalue weighted by Gasteiger charge is -1.89. The predicted octanol–water partition coefficient (Wildman–Crippen LogP) is 0.830. The van der Waals surface area contributed by atoms with Crippen molar-refractivity contribution in [3.63, 3.8) is 0 Å². The molecule has 0 atom stereocenters. The van der Waals surface area contributed by atoms with Gasteiger partial charge in [-0.25, -0.2) is 9.97 Å². The van der Waals surface area contributed by atoms with E-state index in [4.69, 9.17) is 4.42 Å². The molecule has 3 heterocycles. The SMILES string of the molecule is O=c1[nH]cnc2nc(Cc3ccco3)[nH]c12. The molecule has 2 N–H and O–H groups in total. The molecular formula is C10H8N4O2. The summed E-state index contributed by atoms with van der Waals surface area (Å²) in [4.78, 5) is 25.0. The molecule has 0 saturated carbocycles. The molecule has 0 spiro atoms. The maximum atomic E-state index is 11.4. The zero-order valence-electron chi connectivity index (χ0n) is 8.23. The number of nitrogens with one attached hydrogen (secondary N) is 2. The Morgan fingerprint density at radius 3 is 3.12 bits per heavy atom. The Labute approximate surface area is 89.4 Å². The molecular weight excluding hydrogens is 208 g/mol. The summed E-state index contributed by atoms with van der Waals surface area (Å²) in [5, 5.41) is 0. The van der Waals surface area contributed by atoms with Gasteiger partial charge in [0.25, 0.3) is 5.56 Å². The second-order valence-electron chi connectivity index (χ2n) is 3.37. The van der Waals surface area contributed by atoms with E-state index < -0.39 is 0 Å². The lowest BCUT2D eigenvalue weighted by atomic mass is 10.3. The van der Waals surface area contributed by atoms with Crippen LogP contribution in [0.15, 0.2) is 33.9 Å². The lowest BCUT2D eigenvalue weighted by Crippen LogP contribution is -2.05. The van der Waals surface area contributed by atoms with E-state index in [1.807, 2.05) is 12.1 Å². The molecule has 0 fully saturated rings. The number of H-pyrrole nitrogens is 2. The smallest absolute Gasteiger partial charge is 0.276 e. The number of nitrogens with zero attached hydrogens (tertiary/aromatic N) is 2. The van der Waals surface area contributed by atoms with Crippen molar-refractivity contribution in [1.29, 1.82) is 0 Å². The Bertz CT molecular complexity index is 666. The molecule has 3 aromatic heterocycles. The van der Waals surface area contributed by atoms with Crippen LogP contribution in [-0.2, 0) is 6.42 Å². The van der Waals surface area contributed by atoms with E-state index in [0.717, 1.165) is 5.76 Å². The van der Waals surface area contributed by atoms with Crippen LogP contribution in [0.25, 0.3) is 11.2 Å². The van der Waals surface area contributed by atoms with Crippen LogP contribution in [0.4, 0.5) is 0 Å². The standard InChI is InChI=1S/C10H8N4O2/c15-10-8-9(11-5-12-10)14-7(13-8)4-6-2-1-3-16-6/h1-3,5H,4H2,(H2,11,12,13,14,15). The molecule has 0 bridgehead atoms. The molecule has 0 aromatic carbocycles. The first kappa shape index (κ1) is 8.90. The van der Waals surface area contributed by atoms with Crippen LogP contribution in [0.1, 0.15) is 11.6 Å². The number of rotatable bonds is 2. The lowest BCUT2D eigenvalue weighted by molar-refractivity contribution is 0.518. The first-order valence-corrected chi connectivity index (χ1v) is 4.77.